The van der Waals surface area contributed by atoms with Crippen LogP contribution in [0.25, 0.3) is 0 Å². The highest BCUT2D eigenvalue weighted by molar-refractivity contribution is 5.68. The van der Waals surface area contributed by atoms with Gasteiger partial charge in [-0.15, -0.1) is 0 Å². The summed E-state index contributed by atoms with van der Waals surface area (Å²) in [6.45, 7) is 7.00. The van der Waals surface area contributed by atoms with E-state index < -0.39 is 0 Å². The number of nitrogens with one attached hydrogen (secondary N) is 1. The largest absolute Gasteiger partial charge is 0.416 e. The number of aliphatic hydroxyl groups excluding tert-OH is 1. The van der Waals surface area contributed by atoms with Crippen LogP contribution in [-0.2, 0) is 4.74 Å². The predicted octanol–water partition coefficient (Wildman–Crippen LogP) is 2.26. The second-order valence-electron chi connectivity index (χ2n) is 6.33. The molecule has 0 aromatic rings. The molecule has 0 bridgehead atoms. The molecule has 120 valence electrons. The lowest BCUT2D eigenvalue weighted by atomic mass is 9.84. The zero-order valence-electron chi connectivity index (χ0n) is 13.0. The number of carbonyl (C=O) groups is 1. The van der Waals surface area contributed by atoms with Crippen molar-refractivity contribution in [1.82, 2.24) is 10.2 Å². The van der Waals surface area contributed by atoms with Crippen LogP contribution in [0.2, 0.25) is 0 Å². The monoisotopic (exact) mass is 296 g/mol. The van der Waals surface area contributed by atoms with E-state index in [9.17, 15) is 9.90 Å². The zero-order valence-corrected chi connectivity index (χ0v) is 13.0. The highest BCUT2D eigenvalue weighted by Crippen LogP contribution is 2.25. The van der Waals surface area contributed by atoms with E-state index in [1.54, 1.807) is 11.8 Å². The number of hydrogen-bond donors (Lipinski definition) is 2. The van der Waals surface area contributed by atoms with Crippen molar-refractivity contribution in [2.45, 2.75) is 57.5 Å². The fraction of sp³-hybridized carbons (Fsp3) is 0.812. The van der Waals surface area contributed by atoms with Gasteiger partial charge >= 0.3 is 6.09 Å². The Morgan fingerprint density at radius 2 is 1.95 bits per heavy atom. The van der Waals surface area contributed by atoms with Crippen LogP contribution in [0.3, 0.4) is 0 Å². The van der Waals surface area contributed by atoms with Crippen molar-refractivity contribution >= 4 is 6.09 Å². The SMILES string of the molecule is C=C(C)OC(=O)N1CCC(N[C@H]2CCCC[C@@H]2CO)CC1. The van der Waals surface area contributed by atoms with Crippen LogP contribution in [0.15, 0.2) is 12.3 Å². The molecule has 0 unspecified atom stereocenters. The lowest BCUT2D eigenvalue weighted by Gasteiger charge is -2.38. The van der Waals surface area contributed by atoms with E-state index in [4.69, 9.17) is 4.74 Å². The number of aliphatic hydroxyl groups is 1. The van der Waals surface area contributed by atoms with Crippen molar-refractivity contribution < 1.29 is 14.6 Å². The van der Waals surface area contributed by atoms with Crippen molar-refractivity contribution in [2.24, 2.45) is 5.92 Å². The molecule has 1 aliphatic carbocycles. The number of carbonyl (C=O) groups excluding carboxylic acids is 1. The summed E-state index contributed by atoms with van der Waals surface area (Å²) in [7, 11) is 0. The van der Waals surface area contributed by atoms with Crippen molar-refractivity contribution in [3.8, 4) is 0 Å². The summed E-state index contributed by atoms with van der Waals surface area (Å²) >= 11 is 0. The number of amides is 1. The van der Waals surface area contributed by atoms with Crippen molar-refractivity contribution in [2.75, 3.05) is 19.7 Å². The van der Waals surface area contributed by atoms with E-state index in [-0.39, 0.29) is 12.7 Å². The summed E-state index contributed by atoms with van der Waals surface area (Å²) in [6, 6.07) is 0.874. The number of likely N-dealkylation sites (tertiary alicyclic amines) is 1. The third-order valence-electron chi connectivity index (χ3n) is 4.61. The Hall–Kier alpha value is -1.07. The molecule has 0 aromatic carbocycles. The summed E-state index contributed by atoms with van der Waals surface area (Å²) in [4.78, 5) is 13.5. The van der Waals surface area contributed by atoms with E-state index >= 15 is 0 Å². The lowest BCUT2D eigenvalue weighted by molar-refractivity contribution is 0.105. The minimum Gasteiger partial charge on any atom is -0.416 e. The van der Waals surface area contributed by atoms with Crippen LogP contribution in [0.4, 0.5) is 4.79 Å². The lowest BCUT2D eigenvalue weighted by Crippen LogP contribution is -2.50. The van der Waals surface area contributed by atoms with Gasteiger partial charge in [0.1, 0.15) is 0 Å². The first-order valence-electron chi connectivity index (χ1n) is 8.09. The van der Waals surface area contributed by atoms with Crippen LogP contribution in [0.5, 0.6) is 0 Å². The van der Waals surface area contributed by atoms with Gasteiger partial charge in [-0.2, -0.15) is 0 Å². The first kappa shape index (κ1) is 16.3. The molecule has 1 saturated heterocycles. The number of piperidine rings is 1. The quantitative estimate of drug-likeness (QED) is 0.781. The van der Waals surface area contributed by atoms with Gasteiger partial charge in [-0.25, -0.2) is 4.79 Å². The second kappa shape index (κ2) is 7.80. The van der Waals surface area contributed by atoms with Gasteiger partial charge in [0, 0.05) is 31.8 Å². The highest BCUT2D eigenvalue weighted by Gasteiger charge is 2.29. The molecule has 2 N–H and O–H groups in total. The molecule has 2 aliphatic rings. The molecule has 5 heteroatoms. The van der Waals surface area contributed by atoms with Crippen LogP contribution in [0.1, 0.15) is 45.4 Å². The van der Waals surface area contributed by atoms with Gasteiger partial charge in [0.2, 0.25) is 0 Å². The van der Waals surface area contributed by atoms with Crippen LogP contribution < -0.4 is 5.32 Å². The average Bonchev–Trinajstić information content (AvgIpc) is 2.48. The molecule has 1 saturated carbocycles. The van der Waals surface area contributed by atoms with Gasteiger partial charge in [0.25, 0.3) is 0 Å². The summed E-state index contributed by atoms with van der Waals surface area (Å²) in [5.41, 5.74) is 0. The number of hydrogen-bond acceptors (Lipinski definition) is 4. The molecule has 0 spiro atoms. The average molecular weight is 296 g/mol. The summed E-state index contributed by atoms with van der Waals surface area (Å²) < 4.78 is 5.05. The maximum Gasteiger partial charge on any atom is 0.414 e. The third-order valence-corrected chi connectivity index (χ3v) is 4.61. The highest BCUT2D eigenvalue weighted by atomic mass is 16.6. The van der Waals surface area contributed by atoms with Crippen molar-refractivity contribution in [3.63, 3.8) is 0 Å². The van der Waals surface area contributed by atoms with Crippen molar-refractivity contribution in [3.05, 3.63) is 12.3 Å². The molecular formula is C16H28N2O3. The van der Waals surface area contributed by atoms with Gasteiger partial charge in [-0.05, 0) is 38.5 Å². The van der Waals surface area contributed by atoms with Gasteiger partial charge in [-0.1, -0.05) is 19.4 Å². The standard InChI is InChI=1S/C16H28N2O3/c1-12(2)21-16(20)18-9-7-14(8-10-18)17-15-6-4-3-5-13(15)11-19/h13-15,17,19H,1,3-11H2,2H3/t13-,15+/m1/s1. The molecule has 2 rings (SSSR count). The van der Waals surface area contributed by atoms with Gasteiger partial charge < -0.3 is 20.1 Å². The first-order valence-corrected chi connectivity index (χ1v) is 8.09. The third kappa shape index (κ3) is 4.71. The molecule has 0 aromatic heterocycles. The Balaban J connectivity index is 1.76. The van der Waals surface area contributed by atoms with E-state index in [0.717, 1.165) is 38.8 Å². The van der Waals surface area contributed by atoms with Crippen LogP contribution in [-0.4, -0.2) is 47.9 Å². The maximum absolute atomic E-state index is 11.8. The van der Waals surface area contributed by atoms with Crippen molar-refractivity contribution in [1.29, 1.82) is 0 Å². The molecular weight excluding hydrogens is 268 g/mol. The smallest absolute Gasteiger partial charge is 0.414 e. The number of allylic oxidation sites excluding steroid dienone is 1. The maximum atomic E-state index is 11.8. The van der Waals surface area contributed by atoms with Gasteiger partial charge in [0.05, 0.1) is 5.76 Å². The number of ether oxygens (including phenoxy) is 1. The molecule has 5 nitrogen and oxygen atoms in total. The predicted molar refractivity (Wildman–Crippen MR) is 81.9 cm³/mol. The van der Waals surface area contributed by atoms with E-state index in [2.05, 4.69) is 11.9 Å². The van der Waals surface area contributed by atoms with E-state index in [1.807, 2.05) is 0 Å². The van der Waals surface area contributed by atoms with E-state index in [1.165, 1.54) is 12.8 Å². The fourth-order valence-electron chi connectivity index (χ4n) is 3.39. The summed E-state index contributed by atoms with van der Waals surface area (Å²) in [6.07, 6.45) is 6.36. The number of nitrogens with zero attached hydrogens (tertiary/aromatic N) is 1. The molecule has 1 aliphatic heterocycles. The molecule has 1 amide bonds. The summed E-state index contributed by atoms with van der Waals surface area (Å²) in [5.74, 6) is 0.832. The Morgan fingerprint density at radius 3 is 2.57 bits per heavy atom. The van der Waals surface area contributed by atoms with Crippen LogP contribution >= 0.6 is 0 Å². The first-order chi connectivity index (χ1) is 10.1. The Kier molecular flexibility index (Phi) is 6.06. The molecule has 1 heterocycles. The number of rotatable bonds is 4. The Bertz CT molecular complexity index is 365. The van der Waals surface area contributed by atoms with Crippen LogP contribution in [0, 0.1) is 5.92 Å². The Morgan fingerprint density at radius 1 is 1.29 bits per heavy atom. The summed E-state index contributed by atoms with van der Waals surface area (Å²) in [5, 5.41) is 13.2. The molecule has 21 heavy (non-hydrogen) atoms. The minimum absolute atomic E-state index is 0.279. The Labute approximate surface area is 127 Å². The molecule has 2 atom stereocenters. The second-order valence-corrected chi connectivity index (χ2v) is 6.33. The molecule has 2 fully saturated rings. The van der Waals surface area contributed by atoms with Gasteiger partial charge in [-0.3, -0.25) is 0 Å². The topological polar surface area (TPSA) is 61.8 Å². The van der Waals surface area contributed by atoms with E-state index in [0.29, 0.717) is 23.8 Å². The fourth-order valence-corrected chi connectivity index (χ4v) is 3.39. The minimum atomic E-state index is -0.285. The zero-order chi connectivity index (χ0) is 15.2. The van der Waals surface area contributed by atoms with Gasteiger partial charge in [0.15, 0.2) is 0 Å². The molecule has 0 radical (unpaired) electrons. The normalized spacial score (nSPS) is 27.4.